The van der Waals surface area contributed by atoms with Crippen LogP contribution in [0, 0.1) is 5.92 Å². The maximum atomic E-state index is 12.2. The molecule has 0 radical (unpaired) electrons. The summed E-state index contributed by atoms with van der Waals surface area (Å²) in [4.78, 5) is 26.2. The van der Waals surface area contributed by atoms with E-state index >= 15 is 0 Å². The molecule has 0 unspecified atom stereocenters. The fourth-order valence-corrected chi connectivity index (χ4v) is 3.32. The fraction of sp³-hybridized carbons (Fsp3) is 0.636. The molecule has 29 heavy (non-hydrogen) atoms. The summed E-state index contributed by atoms with van der Waals surface area (Å²) in [5.41, 5.74) is 0.626. The predicted octanol–water partition coefficient (Wildman–Crippen LogP) is 3.33. The molecule has 0 bridgehead atoms. The van der Waals surface area contributed by atoms with E-state index in [1.165, 1.54) is 0 Å². The van der Waals surface area contributed by atoms with E-state index in [2.05, 4.69) is 21.6 Å². The monoisotopic (exact) mass is 405 g/mol. The molecule has 162 valence electrons. The number of hydrogen-bond acceptors (Lipinski definition) is 5. The molecule has 0 aliphatic carbocycles. The van der Waals surface area contributed by atoms with Crippen LogP contribution >= 0.6 is 0 Å². The maximum absolute atomic E-state index is 12.2. The van der Waals surface area contributed by atoms with Gasteiger partial charge in [0.2, 0.25) is 5.91 Å². The number of rotatable bonds is 8. The molecule has 0 aromatic heterocycles. The topological polar surface area (TPSA) is 79.9 Å². The number of carbonyl (C=O) groups is 2. The summed E-state index contributed by atoms with van der Waals surface area (Å²) in [6.45, 7) is 9.91. The molecule has 2 atom stereocenters. The zero-order chi connectivity index (χ0) is 21.4. The van der Waals surface area contributed by atoms with Gasteiger partial charge in [-0.2, -0.15) is 0 Å². The number of alkyl carbamates (subject to hydrolysis) is 1. The lowest BCUT2D eigenvalue weighted by Gasteiger charge is -2.22. The van der Waals surface area contributed by atoms with Crippen LogP contribution in [0.1, 0.15) is 47.0 Å². The molecule has 1 aliphatic heterocycles. The van der Waals surface area contributed by atoms with E-state index < -0.39 is 11.7 Å². The van der Waals surface area contributed by atoms with Gasteiger partial charge in [-0.05, 0) is 58.6 Å². The van der Waals surface area contributed by atoms with Gasteiger partial charge in [-0.3, -0.25) is 4.79 Å². The molecule has 1 aliphatic rings. The van der Waals surface area contributed by atoms with Gasteiger partial charge in [0.05, 0.1) is 7.11 Å². The normalized spacial score (nSPS) is 17.6. The molecule has 1 aromatic rings. The molecule has 1 fully saturated rings. The van der Waals surface area contributed by atoms with Crippen LogP contribution in [0.15, 0.2) is 24.3 Å². The molecule has 2 N–H and O–H groups in total. The van der Waals surface area contributed by atoms with Crippen molar-refractivity contribution in [3.8, 4) is 5.75 Å². The lowest BCUT2D eigenvalue weighted by Crippen LogP contribution is -2.38. The van der Waals surface area contributed by atoms with Gasteiger partial charge in [0, 0.05) is 43.9 Å². The molecular formula is C22H35N3O4. The number of amides is 2. The first-order valence-electron chi connectivity index (χ1n) is 10.3. The quantitative estimate of drug-likeness (QED) is 0.693. The average molecular weight is 406 g/mol. The molecule has 1 aromatic carbocycles. The standard InChI is InChI=1S/C22H35N3O4/c1-16(24-21(27)29-22(2,3)4)9-10-20(26)23-14-17-11-12-25(15-17)18-7-6-8-19(13-18)28-5/h6-8,13,16-17H,9-12,14-15H2,1-5H3,(H,23,26)(H,24,27)/t16-,17-/m0/s1. The molecule has 7 heteroatoms. The fourth-order valence-electron chi connectivity index (χ4n) is 3.32. The number of ether oxygens (including phenoxy) is 2. The molecule has 0 saturated carbocycles. The minimum absolute atomic E-state index is 0.0164. The minimum atomic E-state index is -0.527. The number of nitrogens with zero attached hydrogens (tertiary/aromatic N) is 1. The van der Waals surface area contributed by atoms with Gasteiger partial charge in [-0.1, -0.05) is 6.07 Å². The Kier molecular flexibility index (Phi) is 8.17. The van der Waals surface area contributed by atoms with E-state index in [1.54, 1.807) is 7.11 Å². The van der Waals surface area contributed by atoms with E-state index in [1.807, 2.05) is 45.9 Å². The van der Waals surface area contributed by atoms with Crippen LogP contribution in [-0.4, -0.2) is 50.4 Å². The Balaban J connectivity index is 1.66. The third-order valence-electron chi connectivity index (χ3n) is 4.86. The average Bonchev–Trinajstić information content (AvgIpc) is 3.12. The van der Waals surface area contributed by atoms with Crippen molar-refractivity contribution in [2.24, 2.45) is 5.92 Å². The molecule has 1 heterocycles. The van der Waals surface area contributed by atoms with E-state index in [4.69, 9.17) is 9.47 Å². The highest BCUT2D eigenvalue weighted by Gasteiger charge is 2.23. The first-order chi connectivity index (χ1) is 13.7. The number of benzene rings is 1. The summed E-state index contributed by atoms with van der Waals surface area (Å²) in [6.07, 6.45) is 1.55. The van der Waals surface area contributed by atoms with Gasteiger partial charge in [0.25, 0.3) is 0 Å². The van der Waals surface area contributed by atoms with Gasteiger partial charge in [0.15, 0.2) is 0 Å². The van der Waals surface area contributed by atoms with Gasteiger partial charge >= 0.3 is 6.09 Å². The van der Waals surface area contributed by atoms with E-state index in [-0.39, 0.29) is 11.9 Å². The van der Waals surface area contributed by atoms with Gasteiger partial charge in [-0.25, -0.2) is 4.79 Å². The molecular weight excluding hydrogens is 370 g/mol. The largest absolute Gasteiger partial charge is 0.497 e. The van der Waals surface area contributed by atoms with Crippen LogP contribution in [0.4, 0.5) is 10.5 Å². The summed E-state index contributed by atoms with van der Waals surface area (Å²) in [7, 11) is 1.67. The van der Waals surface area contributed by atoms with E-state index in [9.17, 15) is 9.59 Å². The SMILES string of the molecule is COc1cccc(N2CC[C@@H](CNC(=O)CC[C@H](C)NC(=O)OC(C)(C)C)C2)c1. The van der Waals surface area contributed by atoms with Crippen molar-refractivity contribution in [2.75, 3.05) is 31.6 Å². The summed E-state index contributed by atoms with van der Waals surface area (Å²) < 4.78 is 10.5. The van der Waals surface area contributed by atoms with Crippen LogP contribution in [0.5, 0.6) is 5.75 Å². The predicted molar refractivity (Wildman–Crippen MR) is 114 cm³/mol. The molecule has 7 nitrogen and oxygen atoms in total. The molecule has 1 saturated heterocycles. The van der Waals surface area contributed by atoms with Crippen molar-refractivity contribution in [3.63, 3.8) is 0 Å². The summed E-state index contributed by atoms with van der Waals surface area (Å²) >= 11 is 0. The zero-order valence-corrected chi connectivity index (χ0v) is 18.3. The lowest BCUT2D eigenvalue weighted by molar-refractivity contribution is -0.121. The highest BCUT2D eigenvalue weighted by Crippen LogP contribution is 2.26. The van der Waals surface area contributed by atoms with Crippen molar-refractivity contribution in [1.29, 1.82) is 0 Å². The molecule has 2 rings (SSSR count). The number of nitrogens with one attached hydrogen (secondary N) is 2. The Morgan fingerprint density at radius 2 is 2.07 bits per heavy atom. The van der Waals surface area contributed by atoms with Gasteiger partial charge in [0.1, 0.15) is 11.4 Å². The van der Waals surface area contributed by atoms with Crippen LogP contribution in [0.2, 0.25) is 0 Å². The summed E-state index contributed by atoms with van der Waals surface area (Å²) in [6, 6.07) is 7.94. The van der Waals surface area contributed by atoms with Crippen LogP contribution < -0.4 is 20.3 Å². The number of carbonyl (C=O) groups excluding carboxylic acids is 2. The number of anilines is 1. The van der Waals surface area contributed by atoms with E-state index in [0.29, 0.717) is 25.3 Å². The van der Waals surface area contributed by atoms with E-state index in [0.717, 1.165) is 30.9 Å². The van der Waals surface area contributed by atoms with Crippen molar-refractivity contribution in [1.82, 2.24) is 10.6 Å². The Morgan fingerprint density at radius 1 is 1.31 bits per heavy atom. The second kappa shape index (κ2) is 10.4. The summed E-state index contributed by atoms with van der Waals surface area (Å²) in [5, 5.41) is 5.80. The number of hydrogen-bond donors (Lipinski definition) is 2. The molecule has 2 amide bonds. The third kappa shape index (κ3) is 8.21. The molecule has 0 spiro atoms. The maximum Gasteiger partial charge on any atom is 0.407 e. The summed E-state index contributed by atoms with van der Waals surface area (Å²) in [5.74, 6) is 1.30. The Morgan fingerprint density at radius 3 is 2.76 bits per heavy atom. The first kappa shape index (κ1) is 22.8. The zero-order valence-electron chi connectivity index (χ0n) is 18.3. The Hall–Kier alpha value is -2.44. The van der Waals surface area contributed by atoms with Crippen molar-refractivity contribution in [3.05, 3.63) is 24.3 Å². The van der Waals surface area contributed by atoms with Gasteiger partial charge < -0.3 is 25.0 Å². The van der Waals surface area contributed by atoms with Crippen LogP contribution in [-0.2, 0) is 9.53 Å². The third-order valence-corrected chi connectivity index (χ3v) is 4.86. The number of methoxy groups -OCH3 is 1. The minimum Gasteiger partial charge on any atom is -0.497 e. The van der Waals surface area contributed by atoms with Crippen molar-refractivity contribution >= 4 is 17.7 Å². The smallest absolute Gasteiger partial charge is 0.407 e. The van der Waals surface area contributed by atoms with Crippen molar-refractivity contribution < 1.29 is 19.1 Å². The second-order valence-corrected chi connectivity index (χ2v) is 8.69. The van der Waals surface area contributed by atoms with Crippen molar-refractivity contribution in [2.45, 2.75) is 58.6 Å². The first-order valence-corrected chi connectivity index (χ1v) is 10.3. The second-order valence-electron chi connectivity index (χ2n) is 8.69. The Bertz CT molecular complexity index is 687. The highest BCUT2D eigenvalue weighted by atomic mass is 16.6. The lowest BCUT2D eigenvalue weighted by atomic mass is 10.1. The van der Waals surface area contributed by atoms with Crippen LogP contribution in [0.25, 0.3) is 0 Å². The van der Waals surface area contributed by atoms with Gasteiger partial charge in [-0.15, -0.1) is 0 Å². The highest BCUT2D eigenvalue weighted by molar-refractivity contribution is 5.76. The van der Waals surface area contributed by atoms with Crippen LogP contribution in [0.3, 0.4) is 0 Å². The Labute approximate surface area is 174 Å².